The smallest absolute Gasteiger partial charge is 0.387 e. The highest BCUT2D eigenvalue weighted by Crippen LogP contribution is 2.31. The average Bonchev–Trinajstić information content (AvgIpc) is 2.44. The molecule has 1 unspecified atom stereocenters. The van der Waals surface area contributed by atoms with Gasteiger partial charge in [0.15, 0.2) is 0 Å². The minimum Gasteiger partial charge on any atom is -0.497 e. The normalized spacial score (nSPS) is 20.9. The molecule has 0 bridgehead atoms. The summed E-state index contributed by atoms with van der Waals surface area (Å²) in [5, 5.41) is 0. The van der Waals surface area contributed by atoms with Crippen LogP contribution in [0.4, 0.5) is 8.78 Å². The topological polar surface area (TPSA) is 47.7 Å². The Morgan fingerprint density at radius 3 is 2.65 bits per heavy atom. The largest absolute Gasteiger partial charge is 0.497 e. The zero-order chi connectivity index (χ0) is 16.3. The lowest BCUT2D eigenvalue weighted by atomic mass is 9.79. The van der Waals surface area contributed by atoms with Gasteiger partial charge in [0.25, 0.3) is 0 Å². The fourth-order valence-corrected chi connectivity index (χ4v) is 2.88. The SMILES string of the molecule is COc1ccc(OC(F)F)c(CN2CCC(N)C(C)(C)C2)c1.Cl. The van der Waals surface area contributed by atoms with Crippen LogP contribution in [0, 0.1) is 5.41 Å². The second-order valence-corrected chi connectivity index (χ2v) is 6.45. The molecule has 0 spiro atoms. The van der Waals surface area contributed by atoms with Crippen LogP contribution in [-0.2, 0) is 6.54 Å². The van der Waals surface area contributed by atoms with Gasteiger partial charge in [-0.25, -0.2) is 0 Å². The monoisotopic (exact) mass is 350 g/mol. The Hall–Kier alpha value is -1.11. The molecule has 7 heteroatoms. The van der Waals surface area contributed by atoms with Crippen LogP contribution in [0.15, 0.2) is 18.2 Å². The van der Waals surface area contributed by atoms with Gasteiger partial charge in [-0.3, -0.25) is 4.90 Å². The van der Waals surface area contributed by atoms with E-state index in [1.165, 1.54) is 6.07 Å². The van der Waals surface area contributed by atoms with Gasteiger partial charge in [0.05, 0.1) is 7.11 Å². The van der Waals surface area contributed by atoms with Gasteiger partial charge in [0, 0.05) is 31.2 Å². The first-order valence-corrected chi connectivity index (χ1v) is 7.41. The molecule has 2 N–H and O–H groups in total. The van der Waals surface area contributed by atoms with Crippen LogP contribution in [0.1, 0.15) is 25.8 Å². The number of alkyl halides is 2. The zero-order valence-corrected chi connectivity index (χ0v) is 14.5. The summed E-state index contributed by atoms with van der Waals surface area (Å²) in [6.07, 6.45) is 0.891. The number of ether oxygens (including phenoxy) is 2. The van der Waals surface area contributed by atoms with E-state index in [1.807, 2.05) is 0 Å². The molecule has 1 atom stereocenters. The summed E-state index contributed by atoms with van der Waals surface area (Å²) in [6, 6.07) is 5.06. The zero-order valence-electron chi connectivity index (χ0n) is 13.7. The molecule has 1 fully saturated rings. The Bertz CT molecular complexity index is 515. The number of hydrogen-bond donors (Lipinski definition) is 1. The van der Waals surface area contributed by atoms with Crippen molar-refractivity contribution in [2.24, 2.45) is 11.1 Å². The molecule has 1 aliphatic rings. The number of likely N-dealkylation sites (tertiary alicyclic amines) is 1. The Morgan fingerprint density at radius 1 is 1.39 bits per heavy atom. The van der Waals surface area contributed by atoms with Crippen LogP contribution >= 0.6 is 12.4 Å². The highest BCUT2D eigenvalue weighted by Gasteiger charge is 2.33. The lowest BCUT2D eigenvalue weighted by Crippen LogP contribution is -2.52. The first-order valence-electron chi connectivity index (χ1n) is 7.41. The van der Waals surface area contributed by atoms with Crippen molar-refractivity contribution in [1.82, 2.24) is 4.90 Å². The predicted molar refractivity (Wildman–Crippen MR) is 88.5 cm³/mol. The molecule has 0 aromatic heterocycles. The van der Waals surface area contributed by atoms with Gasteiger partial charge in [0.2, 0.25) is 0 Å². The molecule has 23 heavy (non-hydrogen) atoms. The molecule has 0 amide bonds. The maximum absolute atomic E-state index is 12.6. The third kappa shape index (κ3) is 5.19. The number of rotatable bonds is 5. The van der Waals surface area contributed by atoms with E-state index in [-0.39, 0.29) is 29.6 Å². The van der Waals surface area contributed by atoms with Gasteiger partial charge in [-0.05, 0) is 30.0 Å². The lowest BCUT2D eigenvalue weighted by Gasteiger charge is -2.42. The standard InChI is InChI=1S/C16H24F2N2O2.ClH/c1-16(2)10-20(7-6-14(16)19)9-11-8-12(21-3)4-5-13(11)22-15(17)18;/h4-5,8,14-15H,6-7,9-10,19H2,1-3H3;1H. The third-order valence-corrected chi connectivity index (χ3v) is 4.27. The van der Waals surface area contributed by atoms with Crippen LogP contribution in [-0.4, -0.2) is 37.8 Å². The van der Waals surface area contributed by atoms with E-state index in [1.54, 1.807) is 19.2 Å². The third-order valence-electron chi connectivity index (χ3n) is 4.27. The number of nitrogens with two attached hydrogens (primary N) is 1. The van der Waals surface area contributed by atoms with Crippen molar-refractivity contribution in [3.05, 3.63) is 23.8 Å². The van der Waals surface area contributed by atoms with Crippen molar-refractivity contribution in [2.45, 2.75) is 39.5 Å². The summed E-state index contributed by atoms with van der Waals surface area (Å²) in [7, 11) is 1.55. The van der Waals surface area contributed by atoms with Crippen LogP contribution in [0.25, 0.3) is 0 Å². The Labute approximate surface area is 142 Å². The van der Waals surface area contributed by atoms with Gasteiger partial charge < -0.3 is 15.2 Å². The van der Waals surface area contributed by atoms with Crippen LogP contribution in [0.3, 0.4) is 0 Å². The number of methoxy groups -OCH3 is 1. The molecule has 1 heterocycles. The van der Waals surface area contributed by atoms with E-state index in [0.717, 1.165) is 19.5 Å². The van der Waals surface area contributed by atoms with Gasteiger partial charge in [0.1, 0.15) is 11.5 Å². The lowest BCUT2D eigenvalue weighted by molar-refractivity contribution is -0.0510. The highest BCUT2D eigenvalue weighted by molar-refractivity contribution is 5.85. The molecular formula is C16H25ClF2N2O2. The van der Waals surface area contributed by atoms with Gasteiger partial charge in [-0.15, -0.1) is 12.4 Å². The predicted octanol–water partition coefficient (Wildman–Crippen LogP) is 3.28. The first kappa shape index (κ1) is 19.9. The van der Waals surface area contributed by atoms with Crippen molar-refractivity contribution in [3.63, 3.8) is 0 Å². The second-order valence-electron chi connectivity index (χ2n) is 6.45. The Balaban J connectivity index is 0.00000264. The molecule has 1 aromatic rings. The number of halogens is 3. The number of piperidine rings is 1. The van der Waals surface area contributed by atoms with Crippen LogP contribution in [0.2, 0.25) is 0 Å². The Kier molecular flexibility index (Phi) is 7.04. The quantitative estimate of drug-likeness (QED) is 0.885. The maximum Gasteiger partial charge on any atom is 0.387 e. The maximum atomic E-state index is 12.6. The minimum atomic E-state index is -2.83. The number of nitrogens with zero attached hydrogens (tertiary/aromatic N) is 1. The first-order chi connectivity index (χ1) is 10.3. The fourth-order valence-electron chi connectivity index (χ4n) is 2.88. The van der Waals surface area contributed by atoms with Crippen molar-refractivity contribution in [2.75, 3.05) is 20.2 Å². The van der Waals surface area contributed by atoms with E-state index < -0.39 is 6.61 Å². The fraction of sp³-hybridized carbons (Fsp3) is 0.625. The average molecular weight is 351 g/mol. The summed E-state index contributed by atoms with van der Waals surface area (Å²) in [5.41, 5.74) is 6.84. The number of hydrogen-bond acceptors (Lipinski definition) is 4. The van der Waals surface area contributed by atoms with Crippen molar-refractivity contribution >= 4 is 12.4 Å². The van der Waals surface area contributed by atoms with Gasteiger partial charge in [-0.2, -0.15) is 8.78 Å². The molecule has 1 aliphatic heterocycles. The van der Waals surface area contributed by atoms with Crippen molar-refractivity contribution in [1.29, 1.82) is 0 Å². The molecule has 4 nitrogen and oxygen atoms in total. The summed E-state index contributed by atoms with van der Waals surface area (Å²) < 4.78 is 34.9. The molecule has 0 saturated carbocycles. The molecule has 0 radical (unpaired) electrons. The van der Waals surface area contributed by atoms with E-state index in [0.29, 0.717) is 17.9 Å². The molecule has 1 aromatic carbocycles. The second kappa shape index (κ2) is 8.13. The molecular weight excluding hydrogens is 326 g/mol. The van der Waals surface area contributed by atoms with Gasteiger partial charge >= 0.3 is 6.61 Å². The van der Waals surface area contributed by atoms with Crippen molar-refractivity contribution in [3.8, 4) is 11.5 Å². The van der Waals surface area contributed by atoms with Gasteiger partial charge in [-0.1, -0.05) is 13.8 Å². The summed E-state index contributed by atoms with van der Waals surface area (Å²) in [5.74, 6) is 0.827. The molecule has 132 valence electrons. The van der Waals surface area contributed by atoms with E-state index in [2.05, 4.69) is 23.5 Å². The minimum absolute atomic E-state index is 0. The molecule has 1 saturated heterocycles. The molecule has 2 rings (SSSR count). The number of benzene rings is 1. The van der Waals surface area contributed by atoms with Crippen molar-refractivity contribution < 1.29 is 18.3 Å². The van der Waals surface area contributed by atoms with Crippen LogP contribution < -0.4 is 15.2 Å². The van der Waals surface area contributed by atoms with Crippen LogP contribution in [0.5, 0.6) is 11.5 Å². The summed E-state index contributed by atoms with van der Waals surface area (Å²) in [4.78, 5) is 2.22. The summed E-state index contributed by atoms with van der Waals surface area (Å²) in [6.45, 7) is 3.63. The summed E-state index contributed by atoms with van der Waals surface area (Å²) >= 11 is 0. The van der Waals surface area contributed by atoms with E-state index in [4.69, 9.17) is 10.5 Å². The highest BCUT2D eigenvalue weighted by atomic mass is 35.5. The van der Waals surface area contributed by atoms with E-state index in [9.17, 15) is 8.78 Å². The molecule has 0 aliphatic carbocycles. The van der Waals surface area contributed by atoms with E-state index >= 15 is 0 Å². The Morgan fingerprint density at radius 2 is 2.09 bits per heavy atom.